The third-order valence-corrected chi connectivity index (χ3v) is 5.40. The van der Waals surface area contributed by atoms with Gasteiger partial charge in [0.05, 0.1) is 25.5 Å². The fourth-order valence-corrected chi connectivity index (χ4v) is 3.97. The third-order valence-electron chi connectivity index (χ3n) is 4.71. The quantitative estimate of drug-likeness (QED) is 0.810. The van der Waals surface area contributed by atoms with Crippen molar-refractivity contribution in [1.29, 1.82) is 0 Å². The molecule has 0 saturated carbocycles. The predicted octanol–water partition coefficient (Wildman–Crippen LogP) is -0.194. The molecule has 2 aliphatic rings. The van der Waals surface area contributed by atoms with Gasteiger partial charge in [-0.2, -0.15) is 0 Å². The van der Waals surface area contributed by atoms with Crippen molar-refractivity contribution < 1.29 is 13.2 Å². The molecule has 1 aromatic rings. The lowest BCUT2D eigenvalue weighted by Gasteiger charge is -2.35. The topological polar surface area (TPSA) is 76.5 Å². The van der Waals surface area contributed by atoms with Crippen LogP contribution < -0.4 is 4.72 Å². The first-order valence-electron chi connectivity index (χ1n) is 7.67. The number of sulfonamides is 1. The summed E-state index contributed by atoms with van der Waals surface area (Å²) in [6.07, 6.45) is 6.04. The van der Waals surface area contributed by atoms with Crippen LogP contribution in [0.3, 0.4) is 0 Å². The van der Waals surface area contributed by atoms with Crippen LogP contribution in [-0.2, 0) is 28.4 Å². The minimum atomic E-state index is -3.15. The molecule has 1 aromatic heterocycles. The van der Waals surface area contributed by atoms with Gasteiger partial charge in [0.2, 0.25) is 10.0 Å². The molecule has 2 fully saturated rings. The zero-order chi connectivity index (χ0) is 15.7. The summed E-state index contributed by atoms with van der Waals surface area (Å²) in [6, 6.07) is 0. The molecule has 7 nitrogen and oxygen atoms in total. The Morgan fingerprint density at radius 1 is 1.50 bits per heavy atom. The molecular formula is C14H24N4O3S. The van der Waals surface area contributed by atoms with Crippen LogP contribution in [0.15, 0.2) is 12.4 Å². The molecule has 3 heterocycles. The highest BCUT2D eigenvalue weighted by Gasteiger charge is 2.40. The Bertz CT molecular complexity index is 615. The molecule has 0 aliphatic carbocycles. The second kappa shape index (κ2) is 6.27. The zero-order valence-corrected chi connectivity index (χ0v) is 13.9. The zero-order valence-electron chi connectivity index (χ0n) is 13.1. The maximum atomic E-state index is 11.2. The molecule has 1 N–H and O–H groups in total. The first-order valence-corrected chi connectivity index (χ1v) is 9.56. The summed E-state index contributed by atoms with van der Waals surface area (Å²) < 4.78 is 32.9. The average molecular weight is 328 g/mol. The van der Waals surface area contributed by atoms with E-state index in [2.05, 4.69) is 19.2 Å². The molecule has 3 rings (SSSR count). The Morgan fingerprint density at radius 3 is 3.00 bits per heavy atom. The number of nitrogens with one attached hydrogen (secondary N) is 1. The molecule has 0 amide bonds. The standard InChI is InChI=1S/C14H24N4O3S/c1-17-6-4-15-14(17)9-18-5-3-12-11(8-18)10-21-13(12)7-16-22(2,19)20/h4,6,11-13,16H,3,5,7-10H2,1-2H3/t11-,12-,13+/m1/s1. The predicted molar refractivity (Wildman–Crippen MR) is 82.7 cm³/mol. The van der Waals surface area contributed by atoms with Crippen molar-refractivity contribution in [1.82, 2.24) is 19.2 Å². The Balaban J connectivity index is 1.54. The van der Waals surface area contributed by atoms with Crippen molar-refractivity contribution in [3.05, 3.63) is 18.2 Å². The maximum absolute atomic E-state index is 11.2. The average Bonchev–Trinajstić information content (AvgIpc) is 3.02. The number of hydrogen-bond donors (Lipinski definition) is 1. The van der Waals surface area contributed by atoms with Crippen LogP contribution in [0.1, 0.15) is 12.2 Å². The smallest absolute Gasteiger partial charge is 0.208 e. The van der Waals surface area contributed by atoms with Crippen LogP contribution in [0.2, 0.25) is 0 Å². The van der Waals surface area contributed by atoms with Gasteiger partial charge in [0.1, 0.15) is 5.82 Å². The molecule has 22 heavy (non-hydrogen) atoms. The van der Waals surface area contributed by atoms with Gasteiger partial charge in [-0.15, -0.1) is 0 Å². The molecule has 8 heteroatoms. The molecule has 2 aliphatic heterocycles. The fraction of sp³-hybridized carbons (Fsp3) is 0.786. The lowest BCUT2D eigenvalue weighted by atomic mass is 9.84. The summed E-state index contributed by atoms with van der Waals surface area (Å²) >= 11 is 0. The second-order valence-electron chi connectivity index (χ2n) is 6.39. The van der Waals surface area contributed by atoms with E-state index in [1.807, 2.05) is 19.4 Å². The van der Waals surface area contributed by atoms with Crippen molar-refractivity contribution in [2.45, 2.75) is 19.1 Å². The van der Waals surface area contributed by atoms with Gasteiger partial charge in [-0.25, -0.2) is 18.1 Å². The van der Waals surface area contributed by atoms with E-state index in [1.165, 1.54) is 6.26 Å². The van der Waals surface area contributed by atoms with E-state index >= 15 is 0 Å². The summed E-state index contributed by atoms with van der Waals surface area (Å²) in [4.78, 5) is 6.80. The first kappa shape index (κ1) is 15.9. The van der Waals surface area contributed by atoms with E-state index in [9.17, 15) is 8.42 Å². The van der Waals surface area contributed by atoms with Gasteiger partial charge in [-0.05, 0) is 18.9 Å². The molecule has 0 unspecified atom stereocenters. The van der Waals surface area contributed by atoms with Gasteiger partial charge >= 0.3 is 0 Å². The maximum Gasteiger partial charge on any atom is 0.208 e. The lowest BCUT2D eigenvalue weighted by Crippen LogP contribution is -2.43. The summed E-state index contributed by atoms with van der Waals surface area (Å²) in [7, 11) is -1.14. The monoisotopic (exact) mass is 328 g/mol. The number of aromatic nitrogens is 2. The molecule has 0 aromatic carbocycles. The van der Waals surface area contributed by atoms with Crippen molar-refractivity contribution in [3.63, 3.8) is 0 Å². The van der Waals surface area contributed by atoms with Gasteiger partial charge < -0.3 is 9.30 Å². The Kier molecular flexibility index (Phi) is 4.54. The number of likely N-dealkylation sites (tertiary alicyclic amines) is 1. The summed E-state index contributed by atoms with van der Waals surface area (Å²) in [5.41, 5.74) is 0. The lowest BCUT2D eigenvalue weighted by molar-refractivity contribution is 0.0881. The molecular weight excluding hydrogens is 304 g/mol. The van der Waals surface area contributed by atoms with Crippen LogP contribution in [0.25, 0.3) is 0 Å². The highest BCUT2D eigenvalue weighted by Crippen LogP contribution is 2.34. The highest BCUT2D eigenvalue weighted by molar-refractivity contribution is 7.88. The number of fused-ring (bicyclic) bond motifs is 1. The van der Waals surface area contributed by atoms with Crippen molar-refractivity contribution in [3.8, 4) is 0 Å². The number of hydrogen-bond acceptors (Lipinski definition) is 5. The van der Waals surface area contributed by atoms with Crippen LogP contribution in [-0.4, -0.2) is 61.5 Å². The Morgan fingerprint density at radius 2 is 2.32 bits per heavy atom. The van der Waals surface area contributed by atoms with Crippen molar-refractivity contribution in [2.24, 2.45) is 18.9 Å². The van der Waals surface area contributed by atoms with E-state index in [0.29, 0.717) is 18.4 Å². The van der Waals surface area contributed by atoms with Crippen LogP contribution >= 0.6 is 0 Å². The Labute approximate surface area is 131 Å². The van der Waals surface area contributed by atoms with Gasteiger partial charge in [0, 0.05) is 38.4 Å². The van der Waals surface area contributed by atoms with Crippen LogP contribution in [0.4, 0.5) is 0 Å². The second-order valence-corrected chi connectivity index (χ2v) is 8.23. The van der Waals surface area contributed by atoms with Gasteiger partial charge in [0.25, 0.3) is 0 Å². The van der Waals surface area contributed by atoms with Crippen LogP contribution in [0, 0.1) is 11.8 Å². The minimum absolute atomic E-state index is 0.00929. The number of ether oxygens (including phenoxy) is 1. The largest absolute Gasteiger partial charge is 0.376 e. The Hall–Kier alpha value is -0.960. The SMILES string of the molecule is Cn1ccnc1CN1CC[C@@H]2[C@@H](CO[C@H]2CNS(C)(=O)=O)C1. The number of rotatable bonds is 5. The number of nitrogens with zero attached hydrogens (tertiary/aromatic N) is 3. The molecule has 0 bridgehead atoms. The molecule has 2 saturated heterocycles. The summed E-state index contributed by atoms with van der Waals surface area (Å²) in [6.45, 7) is 3.97. The van der Waals surface area contributed by atoms with Crippen LogP contribution in [0.5, 0.6) is 0 Å². The summed E-state index contributed by atoms with van der Waals surface area (Å²) in [5, 5.41) is 0. The van der Waals surface area contributed by atoms with Gasteiger partial charge in [-0.3, -0.25) is 4.90 Å². The fourth-order valence-electron chi connectivity index (χ4n) is 3.50. The molecule has 0 radical (unpaired) electrons. The summed E-state index contributed by atoms with van der Waals surface area (Å²) in [5.74, 6) is 2.01. The van der Waals surface area contributed by atoms with E-state index in [0.717, 1.165) is 38.5 Å². The van der Waals surface area contributed by atoms with Gasteiger partial charge in [0.15, 0.2) is 0 Å². The van der Waals surface area contributed by atoms with Crippen molar-refractivity contribution >= 4 is 10.0 Å². The molecule has 0 spiro atoms. The van der Waals surface area contributed by atoms with E-state index in [4.69, 9.17) is 4.74 Å². The number of aryl methyl sites for hydroxylation is 1. The van der Waals surface area contributed by atoms with E-state index < -0.39 is 10.0 Å². The molecule has 3 atom stereocenters. The normalized spacial score (nSPS) is 29.6. The first-order chi connectivity index (χ1) is 10.4. The van der Waals surface area contributed by atoms with E-state index in [1.54, 1.807) is 0 Å². The number of piperidine rings is 1. The van der Waals surface area contributed by atoms with Crippen molar-refractivity contribution in [2.75, 3.05) is 32.5 Å². The van der Waals surface area contributed by atoms with Gasteiger partial charge in [-0.1, -0.05) is 0 Å². The third kappa shape index (κ3) is 3.68. The van der Waals surface area contributed by atoms with E-state index in [-0.39, 0.29) is 6.10 Å². The molecule has 124 valence electrons. The minimum Gasteiger partial charge on any atom is -0.376 e. The number of imidazole rings is 1. The highest BCUT2D eigenvalue weighted by atomic mass is 32.2.